The highest BCUT2D eigenvalue weighted by Gasteiger charge is 2.36. The first-order chi connectivity index (χ1) is 34.9. The molecule has 4 saturated heterocycles. The quantitative estimate of drug-likeness (QED) is 0.0997. The fourth-order valence-corrected chi connectivity index (χ4v) is 11.7. The number of primary amides is 1. The minimum absolute atomic E-state index is 0.00360. The van der Waals surface area contributed by atoms with E-state index in [1.165, 1.54) is 17.0 Å². The number of carbonyl (C=O) groups is 5. The Labute approximate surface area is 426 Å². The smallest absolute Gasteiger partial charge is 0.328 e. The van der Waals surface area contributed by atoms with Crippen molar-refractivity contribution in [3.8, 4) is 22.6 Å². The lowest BCUT2D eigenvalue weighted by Gasteiger charge is -2.41. The molecule has 2 unspecified atom stereocenters. The van der Waals surface area contributed by atoms with E-state index in [2.05, 4.69) is 27.7 Å². The topological polar surface area (TPSA) is 173 Å². The molecule has 1 saturated carbocycles. The van der Waals surface area contributed by atoms with E-state index in [1.54, 1.807) is 18.2 Å². The fraction of sp³-hybridized carbons (Fsp3) is 0.482. The molecule has 4 N–H and O–H groups in total. The van der Waals surface area contributed by atoms with Crippen molar-refractivity contribution in [3.05, 3.63) is 112 Å². The predicted octanol–water partition coefficient (Wildman–Crippen LogP) is 8.39. The molecule has 2 atom stereocenters. The van der Waals surface area contributed by atoms with Crippen LogP contribution in [0.1, 0.15) is 104 Å². The number of benzene rings is 4. The lowest BCUT2D eigenvalue weighted by molar-refractivity contribution is -0.139. The molecule has 9 rings (SSSR count). The molecule has 16 heteroatoms. The Kier molecular flexibility index (Phi) is 16.4. The first-order valence-electron chi connectivity index (χ1n) is 25.8. The van der Waals surface area contributed by atoms with Crippen molar-refractivity contribution in [1.82, 2.24) is 20.4 Å². The van der Waals surface area contributed by atoms with Gasteiger partial charge in [0.2, 0.25) is 17.7 Å². The molecule has 0 bridgehead atoms. The van der Waals surface area contributed by atoms with Crippen molar-refractivity contribution >= 4 is 46.9 Å². The molecule has 4 aromatic rings. The second-order valence-electron chi connectivity index (χ2n) is 20.1. The summed E-state index contributed by atoms with van der Waals surface area (Å²) in [7, 11) is 0. The van der Waals surface area contributed by atoms with Gasteiger partial charge in [-0.25, -0.2) is 9.18 Å². The Morgan fingerprint density at radius 1 is 0.833 bits per heavy atom. The molecule has 0 aromatic heterocycles. The van der Waals surface area contributed by atoms with E-state index in [-0.39, 0.29) is 83.2 Å². The van der Waals surface area contributed by atoms with Crippen LogP contribution in [0.5, 0.6) is 11.5 Å². The van der Waals surface area contributed by atoms with Crippen LogP contribution in [0.4, 0.5) is 14.9 Å². The van der Waals surface area contributed by atoms with Gasteiger partial charge in [0.1, 0.15) is 12.4 Å². The lowest BCUT2D eigenvalue weighted by atomic mass is 9.78. The number of imide groups is 1. The third-order valence-electron chi connectivity index (χ3n) is 15.7. The number of nitrogens with one attached hydrogen (secondary N) is 2. The number of halogens is 2. The maximum absolute atomic E-state index is 16.4. The molecule has 6 amide bonds. The summed E-state index contributed by atoms with van der Waals surface area (Å²) in [6, 6.07) is 23.7. The average molecular weight is 1010 g/mol. The third-order valence-corrected chi connectivity index (χ3v) is 16.0. The first kappa shape index (κ1) is 50.9. The Morgan fingerprint density at radius 2 is 1.56 bits per heavy atom. The Bertz CT molecular complexity index is 2610. The summed E-state index contributed by atoms with van der Waals surface area (Å²) in [5.41, 5.74) is 9.67. The van der Waals surface area contributed by atoms with Crippen LogP contribution in [0.3, 0.4) is 0 Å². The zero-order chi connectivity index (χ0) is 50.3. The van der Waals surface area contributed by atoms with Crippen LogP contribution in [-0.2, 0) is 19.1 Å². The van der Waals surface area contributed by atoms with Gasteiger partial charge in [0.15, 0.2) is 18.2 Å². The minimum Gasteiger partial charge on any atom is -0.488 e. The van der Waals surface area contributed by atoms with Gasteiger partial charge >= 0.3 is 6.03 Å². The maximum Gasteiger partial charge on any atom is 0.328 e. The molecule has 0 spiro atoms. The molecule has 4 aliphatic heterocycles. The summed E-state index contributed by atoms with van der Waals surface area (Å²) in [5.74, 6) is -0.0482. The standard InChI is InChI=1S/C56H66ClFN6O8/c1-35-30-42(14-17-48(35)64-28-23-50(65)61-56(64)69)71-34-51(66)62-24-19-36(20-25-62)37-21-26-63(27-22-37)55(68)39-9-12-41(13-10-39)60-32-46(38-6-3-2-4-7-38)40-11-16-47(57)45(31-40)52-44(54(59)67)15-18-49(53(52)58)72-33-43-8-5-29-70-43/h2-4,6-7,11,14-18,30-31,36-37,39,41,43,46,60H,5,8-10,12-13,19-29,32-34H2,1H3,(H2,59,67)(H,61,65,69). The second kappa shape index (κ2) is 23.2. The van der Waals surface area contributed by atoms with Crippen LogP contribution in [0.25, 0.3) is 11.1 Å². The molecule has 0 radical (unpaired) electrons. The van der Waals surface area contributed by atoms with E-state index >= 15 is 4.39 Å². The van der Waals surface area contributed by atoms with Gasteiger partial charge in [-0.3, -0.25) is 29.4 Å². The van der Waals surface area contributed by atoms with E-state index in [1.807, 2.05) is 48.2 Å². The number of ether oxygens (including phenoxy) is 3. The van der Waals surface area contributed by atoms with Gasteiger partial charge in [0.25, 0.3) is 5.91 Å². The largest absolute Gasteiger partial charge is 0.488 e. The van der Waals surface area contributed by atoms with Crippen LogP contribution in [0.2, 0.25) is 5.02 Å². The number of urea groups is 1. The number of nitrogens with zero attached hydrogens (tertiary/aromatic N) is 3. The van der Waals surface area contributed by atoms with Gasteiger partial charge < -0.3 is 35.1 Å². The molecule has 5 fully saturated rings. The molecular formula is C56H66ClFN6O8. The van der Waals surface area contributed by atoms with Gasteiger partial charge in [-0.15, -0.1) is 0 Å². The summed E-state index contributed by atoms with van der Waals surface area (Å²) < 4.78 is 33.9. The molecule has 72 heavy (non-hydrogen) atoms. The number of piperidine rings is 2. The first-order valence-corrected chi connectivity index (χ1v) is 26.1. The normalized spacial score (nSPS) is 21.6. The van der Waals surface area contributed by atoms with Gasteiger partial charge in [0, 0.05) is 92.0 Å². The van der Waals surface area contributed by atoms with Crippen molar-refractivity contribution in [2.24, 2.45) is 23.5 Å². The van der Waals surface area contributed by atoms with E-state index in [4.69, 9.17) is 31.5 Å². The Morgan fingerprint density at radius 3 is 2.22 bits per heavy atom. The van der Waals surface area contributed by atoms with Gasteiger partial charge in [-0.05, 0) is 142 Å². The maximum atomic E-state index is 16.4. The van der Waals surface area contributed by atoms with E-state index in [9.17, 15) is 24.0 Å². The summed E-state index contributed by atoms with van der Waals surface area (Å²) in [5, 5.41) is 6.45. The highest BCUT2D eigenvalue weighted by atomic mass is 35.5. The Hall–Kier alpha value is -6.03. The molecular weight excluding hydrogens is 939 g/mol. The van der Waals surface area contributed by atoms with Crippen LogP contribution >= 0.6 is 11.6 Å². The second-order valence-corrected chi connectivity index (χ2v) is 20.5. The third kappa shape index (κ3) is 11.9. The molecule has 5 aliphatic rings. The molecule has 14 nitrogen and oxygen atoms in total. The van der Waals surface area contributed by atoms with Crippen molar-refractivity contribution < 1.29 is 42.6 Å². The van der Waals surface area contributed by atoms with Crippen LogP contribution < -0.4 is 30.7 Å². The number of anilines is 1. The highest BCUT2D eigenvalue weighted by molar-refractivity contribution is 6.33. The summed E-state index contributed by atoms with van der Waals surface area (Å²) >= 11 is 6.81. The Balaban J connectivity index is 0.736. The molecule has 4 aromatic carbocycles. The van der Waals surface area contributed by atoms with Gasteiger partial charge in [-0.1, -0.05) is 48.0 Å². The number of carbonyl (C=O) groups excluding carboxylic acids is 5. The molecule has 1 aliphatic carbocycles. The number of likely N-dealkylation sites (tertiary alicyclic amines) is 2. The lowest BCUT2D eigenvalue weighted by Crippen LogP contribution is -2.49. The number of amides is 6. The monoisotopic (exact) mass is 1000 g/mol. The summed E-state index contributed by atoms with van der Waals surface area (Å²) in [6.45, 7) is 6.49. The van der Waals surface area contributed by atoms with Crippen molar-refractivity contribution in [2.75, 3.05) is 64.0 Å². The number of hydrogen-bond acceptors (Lipinski definition) is 9. The number of aryl methyl sites for hydroxylation is 1. The van der Waals surface area contributed by atoms with Gasteiger partial charge in [0.05, 0.1) is 11.7 Å². The summed E-state index contributed by atoms with van der Waals surface area (Å²) in [4.78, 5) is 69.2. The molecule has 4 heterocycles. The summed E-state index contributed by atoms with van der Waals surface area (Å²) in [6.07, 6.45) is 9.12. The van der Waals surface area contributed by atoms with Crippen molar-refractivity contribution in [3.63, 3.8) is 0 Å². The molecule has 382 valence electrons. The van der Waals surface area contributed by atoms with E-state index < -0.39 is 17.8 Å². The van der Waals surface area contributed by atoms with E-state index in [0.29, 0.717) is 61.6 Å². The predicted molar refractivity (Wildman–Crippen MR) is 273 cm³/mol. The zero-order valence-electron chi connectivity index (χ0n) is 41.1. The number of nitrogens with two attached hydrogens (primary N) is 1. The van der Waals surface area contributed by atoms with Crippen molar-refractivity contribution in [2.45, 2.75) is 95.6 Å². The number of hydrogen-bond donors (Lipinski definition) is 3. The number of rotatable bonds is 16. The van der Waals surface area contributed by atoms with Crippen molar-refractivity contribution in [1.29, 1.82) is 0 Å². The van der Waals surface area contributed by atoms with Crippen LogP contribution in [0, 0.1) is 30.5 Å². The van der Waals surface area contributed by atoms with Crippen LogP contribution in [-0.4, -0.2) is 111 Å². The van der Waals surface area contributed by atoms with E-state index in [0.717, 1.165) is 94.0 Å². The minimum atomic E-state index is -0.770. The highest BCUT2D eigenvalue weighted by Crippen LogP contribution is 2.40. The zero-order valence-corrected chi connectivity index (χ0v) is 41.8. The SMILES string of the molecule is Cc1cc(OCC(=O)N2CCC(C3CCN(C(=O)C4CCC(NCC(c5ccccc5)c5ccc(Cl)c(-c6c(C(N)=O)ccc(OCC7CCCO7)c6F)c5)CC4)CC3)CC2)ccc1N1CCC(=O)NC1=O. The fourth-order valence-electron chi connectivity index (χ4n) is 11.5. The average Bonchev–Trinajstić information content (AvgIpc) is 3.93. The van der Waals surface area contributed by atoms with Gasteiger partial charge in [-0.2, -0.15) is 0 Å². The van der Waals surface area contributed by atoms with Crippen LogP contribution in [0.15, 0.2) is 78.9 Å².